The molecule has 1 saturated heterocycles. The molecule has 0 bridgehead atoms. The van der Waals surface area contributed by atoms with E-state index in [2.05, 4.69) is 5.32 Å². The van der Waals surface area contributed by atoms with E-state index in [4.69, 9.17) is 9.47 Å². The fourth-order valence-electron chi connectivity index (χ4n) is 5.12. The van der Waals surface area contributed by atoms with Gasteiger partial charge >= 0.3 is 12.2 Å². The van der Waals surface area contributed by atoms with Gasteiger partial charge in [0.25, 0.3) is 5.91 Å². The Morgan fingerprint density at radius 2 is 1.55 bits per heavy atom. The Bertz CT molecular complexity index is 1400. The molecular weight excluding hydrogens is 564 g/mol. The van der Waals surface area contributed by atoms with Crippen molar-refractivity contribution in [3.63, 3.8) is 0 Å². The van der Waals surface area contributed by atoms with Gasteiger partial charge in [-0.3, -0.25) is 19.3 Å². The Labute approximate surface area is 258 Å². The third-order valence-electron chi connectivity index (χ3n) is 7.47. The van der Waals surface area contributed by atoms with Crippen LogP contribution in [0.4, 0.5) is 21.0 Å². The number of amides is 4. The maximum Gasteiger partial charge on any atom is 0.410 e. The summed E-state index contributed by atoms with van der Waals surface area (Å²) in [4.78, 5) is 71.7. The van der Waals surface area contributed by atoms with Gasteiger partial charge in [-0.2, -0.15) is 0 Å². The SMILES string of the molecule is CC(C)(C)OC(=O)NC1CN(C(=O)[C@@H]2CCCN2C(=O)OCc2ccccc2)c2ccccc2N(CC(=O)C(C)(C)C)C1=O. The normalized spacial score (nSPS) is 18.8. The van der Waals surface area contributed by atoms with Gasteiger partial charge in [0.2, 0.25) is 5.91 Å². The Kier molecular flexibility index (Phi) is 9.66. The third kappa shape index (κ3) is 7.75. The number of fused-ring (bicyclic) bond motifs is 1. The third-order valence-corrected chi connectivity index (χ3v) is 7.47. The van der Waals surface area contributed by atoms with Crippen LogP contribution in [-0.2, 0) is 30.5 Å². The Morgan fingerprint density at radius 1 is 0.909 bits per heavy atom. The van der Waals surface area contributed by atoms with Gasteiger partial charge in [-0.05, 0) is 51.3 Å². The molecule has 11 nitrogen and oxygen atoms in total. The van der Waals surface area contributed by atoms with Crippen LogP contribution >= 0.6 is 0 Å². The average molecular weight is 607 g/mol. The van der Waals surface area contributed by atoms with E-state index in [1.807, 2.05) is 30.3 Å². The summed E-state index contributed by atoms with van der Waals surface area (Å²) in [5.41, 5.74) is 0.000616. The van der Waals surface area contributed by atoms with Crippen molar-refractivity contribution in [2.45, 2.75) is 78.7 Å². The predicted molar refractivity (Wildman–Crippen MR) is 165 cm³/mol. The number of anilines is 2. The van der Waals surface area contributed by atoms with Gasteiger partial charge in [-0.1, -0.05) is 63.2 Å². The van der Waals surface area contributed by atoms with Gasteiger partial charge < -0.3 is 24.6 Å². The molecule has 0 spiro atoms. The van der Waals surface area contributed by atoms with E-state index in [1.54, 1.807) is 65.8 Å². The number of ether oxygens (including phenoxy) is 2. The van der Waals surface area contributed by atoms with E-state index in [0.717, 1.165) is 5.56 Å². The van der Waals surface area contributed by atoms with E-state index in [-0.39, 0.29) is 25.5 Å². The van der Waals surface area contributed by atoms with E-state index in [9.17, 15) is 24.0 Å². The smallest absolute Gasteiger partial charge is 0.410 e. The number of Topliss-reactive ketones (excluding diaryl/α,β-unsaturated/α-hetero) is 1. The molecule has 1 unspecified atom stereocenters. The molecule has 0 aromatic heterocycles. The second-order valence-electron chi connectivity index (χ2n) is 13.1. The highest BCUT2D eigenvalue weighted by atomic mass is 16.6. The van der Waals surface area contributed by atoms with Crippen LogP contribution in [0.15, 0.2) is 54.6 Å². The van der Waals surface area contributed by atoms with Crippen molar-refractivity contribution >= 4 is 41.2 Å². The maximum atomic E-state index is 14.3. The Balaban J connectivity index is 1.66. The molecule has 0 saturated carbocycles. The summed E-state index contributed by atoms with van der Waals surface area (Å²) in [7, 11) is 0. The lowest BCUT2D eigenvalue weighted by molar-refractivity contribution is -0.128. The second-order valence-corrected chi connectivity index (χ2v) is 13.1. The molecule has 2 heterocycles. The molecule has 236 valence electrons. The highest BCUT2D eigenvalue weighted by Crippen LogP contribution is 2.35. The molecule has 4 amide bonds. The molecule has 11 heteroatoms. The second kappa shape index (κ2) is 13.1. The molecule has 44 heavy (non-hydrogen) atoms. The van der Waals surface area contributed by atoms with Crippen molar-refractivity contribution < 1.29 is 33.4 Å². The number of likely N-dealkylation sites (tertiary alicyclic amines) is 1. The van der Waals surface area contributed by atoms with Crippen molar-refractivity contribution in [1.29, 1.82) is 0 Å². The fraction of sp³-hybridized carbons (Fsp3) is 0.485. The first-order valence-electron chi connectivity index (χ1n) is 14.9. The summed E-state index contributed by atoms with van der Waals surface area (Å²) in [6.45, 7) is 10.3. The number of rotatable bonds is 6. The molecule has 0 aliphatic carbocycles. The molecule has 2 aliphatic heterocycles. The zero-order valence-electron chi connectivity index (χ0n) is 26.3. The van der Waals surface area contributed by atoms with E-state index in [1.165, 1.54) is 14.7 Å². The molecule has 1 N–H and O–H groups in total. The molecule has 1 fully saturated rings. The first kappa shape index (κ1) is 32.5. The summed E-state index contributed by atoms with van der Waals surface area (Å²) < 4.78 is 11.0. The summed E-state index contributed by atoms with van der Waals surface area (Å²) >= 11 is 0. The standard InChI is InChI=1S/C33H42N4O7/c1-32(2,3)27(38)20-37-25-16-11-10-15-24(25)36(19-23(28(37)39)34-30(41)44-33(4,5)6)29(40)26-17-12-18-35(26)31(42)43-21-22-13-8-7-9-14-22/h7-11,13-16,23,26H,12,17-21H2,1-6H3,(H,34,41)/t23?,26-/m0/s1. The first-order valence-corrected chi connectivity index (χ1v) is 14.9. The summed E-state index contributed by atoms with van der Waals surface area (Å²) in [6, 6.07) is 14.0. The number of carbonyl (C=O) groups excluding carboxylic acids is 5. The molecule has 2 aliphatic rings. The number of hydrogen-bond donors (Lipinski definition) is 1. The zero-order chi connectivity index (χ0) is 32.2. The molecule has 2 aromatic rings. The molecule has 4 rings (SSSR count). The summed E-state index contributed by atoms with van der Waals surface area (Å²) in [5, 5.41) is 2.63. The van der Waals surface area contributed by atoms with E-state index < -0.39 is 47.1 Å². The lowest BCUT2D eigenvalue weighted by atomic mass is 9.90. The van der Waals surface area contributed by atoms with Gasteiger partial charge in [-0.25, -0.2) is 9.59 Å². The van der Waals surface area contributed by atoms with E-state index >= 15 is 0 Å². The van der Waals surface area contributed by atoms with Gasteiger partial charge in [0.15, 0.2) is 5.78 Å². The fourth-order valence-corrected chi connectivity index (χ4v) is 5.12. The molecule has 2 aromatic carbocycles. The van der Waals surface area contributed by atoms with Gasteiger partial charge in [0.05, 0.1) is 24.5 Å². The number of alkyl carbamates (subject to hydrolysis) is 1. The Morgan fingerprint density at radius 3 is 2.18 bits per heavy atom. The van der Waals surface area contributed by atoms with Crippen molar-refractivity contribution in [3.8, 4) is 0 Å². The first-order chi connectivity index (χ1) is 20.7. The summed E-state index contributed by atoms with van der Waals surface area (Å²) in [6.07, 6.45) is -0.438. The number of hydrogen-bond acceptors (Lipinski definition) is 7. The van der Waals surface area contributed by atoms with Crippen LogP contribution < -0.4 is 15.1 Å². The van der Waals surface area contributed by atoms with Crippen molar-refractivity contribution in [3.05, 3.63) is 60.2 Å². The highest BCUT2D eigenvalue weighted by Gasteiger charge is 2.43. The number of nitrogens with zero attached hydrogens (tertiary/aromatic N) is 3. The van der Waals surface area contributed by atoms with E-state index in [0.29, 0.717) is 30.8 Å². The minimum Gasteiger partial charge on any atom is -0.445 e. The van der Waals surface area contributed by atoms with Crippen LogP contribution in [0.3, 0.4) is 0 Å². The van der Waals surface area contributed by atoms with Crippen LogP contribution in [0.2, 0.25) is 0 Å². The van der Waals surface area contributed by atoms with Crippen molar-refractivity contribution in [1.82, 2.24) is 10.2 Å². The largest absolute Gasteiger partial charge is 0.445 e. The minimum absolute atomic E-state index is 0.0663. The maximum absolute atomic E-state index is 14.3. The monoisotopic (exact) mass is 606 g/mol. The quantitative estimate of drug-likeness (QED) is 0.506. The number of ketones is 1. The lowest BCUT2D eigenvalue weighted by Crippen LogP contribution is -2.56. The van der Waals surface area contributed by atoms with Crippen LogP contribution in [-0.4, -0.2) is 72.0 Å². The highest BCUT2D eigenvalue weighted by molar-refractivity contribution is 6.11. The number of carbonyl (C=O) groups is 5. The average Bonchev–Trinajstić information content (AvgIpc) is 3.42. The van der Waals surface area contributed by atoms with Gasteiger partial charge in [0.1, 0.15) is 24.3 Å². The van der Waals surface area contributed by atoms with Gasteiger partial charge in [-0.15, -0.1) is 0 Å². The minimum atomic E-state index is -1.23. The zero-order valence-corrected chi connectivity index (χ0v) is 26.3. The predicted octanol–water partition coefficient (Wildman–Crippen LogP) is 4.68. The van der Waals surface area contributed by atoms with Crippen LogP contribution in [0.1, 0.15) is 59.9 Å². The van der Waals surface area contributed by atoms with Gasteiger partial charge in [0, 0.05) is 12.0 Å². The Hall–Kier alpha value is -4.41. The summed E-state index contributed by atoms with van der Waals surface area (Å²) in [5.74, 6) is -1.17. The topological polar surface area (TPSA) is 126 Å². The van der Waals surface area contributed by atoms with Crippen LogP contribution in [0.25, 0.3) is 0 Å². The van der Waals surface area contributed by atoms with Crippen molar-refractivity contribution in [2.75, 3.05) is 29.4 Å². The molecule has 0 radical (unpaired) electrons. The van der Waals surface area contributed by atoms with Crippen LogP contribution in [0.5, 0.6) is 0 Å². The molecular formula is C33H42N4O7. The van der Waals surface area contributed by atoms with Crippen molar-refractivity contribution in [2.24, 2.45) is 5.41 Å². The molecule has 2 atom stereocenters. The lowest BCUT2D eigenvalue weighted by Gasteiger charge is -2.31. The number of benzene rings is 2. The number of para-hydroxylation sites is 2. The number of nitrogens with one attached hydrogen (secondary N) is 1. The van der Waals surface area contributed by atoms with Crippen LogP contribution in [0, 0.1) is 5.41 Å².